The summed E-state index contributed by atoms with van der Waals surface area (Å²) in [7, 11) is 0. The Morgan fingerprint density at radius 2 is 1.62 bits per heavy atom. The number of carboxylic acids is 2. The van der Waals surface area contributed by atoms with Crippen LogP contribution in [0.25, 0.3) is 0 Å². The standard InChI is InChI=1S/C14H9Cl2NO4/c15-9-6-8(13(18)19)12(11(16)10(9)14(20)21)17-7-4-2-1-3-5-7/h1-6,17H,(H,18,19)(H,20,21). The molecule has 0 radical (unpaired) electrons. The van der Waals surface area contributed by atoms with Crippen LogP contribution >= 0.6 is 23.2 Å². The molecule has 0 fully saturated rings. The van der Waals surface area contributed by atoms with E-state index in [1.807, 2.05) is 0 Å². The highest BCUT2D eigenvalue weighted by molar-refractivity contribution is 6.42. The number of hydrogen-bond donors (Lipinski definition) is 3. The molecule has 7 heteroatoms. The third kappa shape index (κ3) is 3.09. The van der Waals surface area contributed by atoms with Crippen LogP contribution in [-0.2, 0) is 0 Å². The largest absolute Gasteiger partial charge is 0.478 e. The highest BCUT2D eigenvalue weighted by atomic mass is 35.5. The fourth-order valence-corrected chi connectivity index (χ4v) is 2.44. The molecular weight excluding hydrogens is 317 g/mol. The minimum absolute atomic E-state index is 0.0165. The van der Waals surface area contributed by atoms with Crippen LogP contribution in [0.15, 0.2) is 36.4 Å². The van der Waals surface area contributed by atoms with Gasteiger partial charge in [-0.25, -0.2) is 9.59 Å². The monoisotopic (exact) mass is 325 g/mol. The van der Waals surface area contributed by atoms with E-state index in [4.69, 9.17) is 28.3 Å². The van der Waals surface area contributed by atoms with Gasteiger partial charge in [0.25, 0.3) is 0 Å². The molecule has 21 heavy (non-hydrogen) atoms. The lowest BCUT2D eigenvalue weighted by Crippen LogP contribution is -2.08. The quantitative estimate of drug-likeness (QED) is 0.786. The van der Waals surface area contributed by atoms with Gasteiger partial charge in [0.15, 0.2) is 0 Å². The van der Waals surface area contributed by atoms with Crippen LogP contribution in [0.3, 0.4) is 0 Å². The fourth-order valence-electron chi connectivity index (χ4n) is 1.77. The van der Waals surface area contributed by atoms with Gasteiger partial charge in [0, 0.05) is 5.69 Å². The second-order valence-corrected chi connectivity index (χ2v) is 4.86. The van der Waals surface area contributed by atoms with Crippen molar-refractivity contribution in [1.82, 2.24) is 0 Å². The van der Waals surface area contributed by atoms with Gasteiger partial charge in [-0.15, -0.1) is 0 Å². The summed E-state index contributed by atoms with van der Waals surface area (Å²) in [5.74, 6) is -2.60. The predicted octanol–water partition coefficient (Wildman–Crippen LogP) is 4.13. The minimum Gasteiger partial charge on any atom is -0.478 e. The average Bonchev–Trinajstić information content (AvgIpc) is 2.42. The number of para-hydroxylation sites is 1. The zero-order valence-electron chi connectivity index (χ0n) is 10.4. The van der Waals surface area contributed by atoms with E-state index in [9.17, 15) is 14.7 Å². The van der Waals surface area contributed by atoms with Gasteiger partial charge in [0.1, 0.15) is 0 Å². The van der Waals surface area contributed by atoms with Crippen molar-refractivity contribution in [3.05, 3.63) is 57.6 Å². The van der Waals surface area contributed by atoms with Crippen LogP contribution in [-0.4, -0.2) is 22.2 Å². The van der Waals surface area contributed by atoms with E-state index in [-0.39, 0.29) is 26.9 Å². The topological polar surface area (TPSA) is 86.6 Å². The lowest BCUT2D eigenvalue weighted by Gasteiger charge is -2.14. The predicted molar refractivity (Wildman–Crippen MR) is 80.1 cm³/mol. The number of carboxylic acid groups (broad SMARTS) is 2. The molecule has 0 heterocycles. The first-order chi connectivity index (χ1) is 9.91. The molecule has 108 valence electrons. The lowest BCUT2D eigenvalue weighted by atomic mass is 10.1. The van der Waals surface area contributed by atoms with E-state index in [1.165, 1.54) is 0 Å². The van der Waals surface area contributed by atoms with Crippen LogP contribution < -0.4 is 5.32 Å². The Morgan fingerprint density at radius 1 is 1.00 bits per heavy atom. The number of hydrogen-bond acceptors (Lipinski definition) is 3. The second-order valence-electron chi connectivity index (χ2n) is 4.07. The third-order valence-electron chi connectivity index (χ3n) is 2.71. The minimum atomic E-state index is -1.34. The van der Waals surface area contributed by atoms with Crippen LogP contribution in [0.5, 0.6) is 0 Å². The van der Waals surface area contributed by atoms with Gasteiger partial charge < -0.3 is 15.5 Å². The molecule has 0 aromatic heterocycles. The van der Waals surface area contributed by atoms with E-state index in [1.54, 1.807) is 30.3 Å². The van der Waals surface area contributed by atoms with Gasteiger partial charge >= 0.3 is 11.9 Å². The third-order valence-corrected chi connectivity index (χ3v) is 3.38. The first-order valence-electron chi connectivity index (χ1n) is 5.72. The van der Waals surface area contributed by atoms with Crippen molar-refractivity contribution in [3.8, 4) is 0 Å². The van der Waals surface area contributed by atoms with Crippen LogP contribution in [0.2, 0.25) is 10.0 Å². The maximum atomic E-state index is 11.3. The fraction of sp³-hybridized carbons (Fsp3) is 0. The van der Waals surface area contributed by atoms with Crippen molar-refractivity contribution >= 4 is 46.5 Å². The van der Waals surface area contributed by atoms with Crippen molar-refractivity contribution < 1.29 is 19.8 Å². The Labute approximate surface area is 129 Å². The second kappa shape index (κ2) is 6.03. The van der Waals surface area contributed by atoms with E-state index in [2.05, 4.69) is 5.32 Å². The molecule has 0 saturated heterocycles. The van der Waals surface area contributed by atoms with Crippen molar-refractivity contribution in [2.24, 2.45) is 0 Å². The molecule has 0 amide bonds. The Hall–Kier alpha value is -2.24. The molecule has 5 nitrogen and oxygen atoms in total. The summed E-state index contributed by atoms with van der Waals surface area (Å²) in [5, 5.41) is 20.7. The summed E-state index contributed by atoms with van der Waals surface area (Å²) in [6.45, 7) is 0. The van der Waals surface area contributed by atoms with Crippen molar-refractivity contribution in [3.63, 3.8) is 0 Å². The molecular formula is C14H9Cl2NO4. The highest BCUT2D eigenvalue weighted by Crippen LogP contribution is 2.37. The number of benzene rings is 2. The summed E-state index contributed by atoms with van der Waals surface area (Å²) in [4.78, 5) is 22.5. The van der Waals surface area contributed by atoms with E-state index in [0.29, 0.717) is 5.69 Å². The Bertz CT molecular complexity index is 717. The molecule has 0 bridgehead atoms. The van der Waals surface area contributed by atoms with Gasteiger partial charge in [0.2, 0.25) is 0 Å². The summed E-state index contributed by atoms with van der Waals surface area (Å²) >= 11 is 11.8. The molecule has 0 aliphatic rings. The number of nitrogens with one attached hydrogen (secondary N) is 1. The number of carbonyl (C=O) groups is 2. The van der Waals surface area contributed by atoms with Crippen LogP contribution in [0.1, 0.15) is 20.7 Å². The smallest absolute Gasteiger partial charge is 0.338 e. The summed E-state index contributed by atoms with van der Waals surface area (Å²) in [6.07, 6.45) is 0. The average molecular weight is 326 g/mol. The van der Waals surface area contributed by atoms with Gasteiger partial charge in [-0.05, 0) is 18.2 Å². The van der Waals surface area contributed by atoms with Crippen molar-refractivity contribution in [2.75, 3.05) is 5.32 Å². The molecule has 3 N–H and O–H groups in total. The molecule has 2 rings (SSSR count). The maximum Gasteiger partial charge on any atom is 0.338 e. The van der Waals surface area contributed by atoms with Gasteiger partial charge in [0.05, 0.1) is 26.9 Å². The zero-order chi connectivity index (χ0) is 15.6. The maximum absolute atomic E-state index is 11.3. The van der Waals surface area contributed by atoms with Crippen LogP contribution in [0, 0.1) is 0 Å². The van der Waals surface area contributed by atoms with Gasteiger partial charge in [-0.1, -0.05) is 41.4 Å². The molecule has 0 atom stereocenters. The molecule has 2 aromatic carbocycles. The SMILES string of the molecule is O=C(O)c1cc(Cl)c(C(=O)O)c(Cl)c1Nc1ccccc1. The number of rotatable bonds is 4. The Balaban J connectivity index is 2.64. The summed E-state index contributed by atoms with van der Waals surface area (Å²) < 4.78 is 0. The van der Waals surface area contributed by atoms with Crippen LogP contribution in [0.4, 0.5) is 11.4 Å². The first-order valence-corrected chi connectivity index (χ1v) is 6.48. The number of aromatic carboxylic acids is 2. The Morgan fingerprint density at radius 3 is 2.14 bits per heavy atom. The molecule has 0 aliphatic heterocycles. The molecule has 0 saturated carbocycles. The molecule has 0 spiro atoms. The zero-order valence-corrected chi connectivity index (χ0v) is 11.9. The normalized spacial score (nSPS) is 10.2. The van der Waals surface area contributed by atoms with Gasteiger partial charge in [-0.3, -0.25) is 0 Å². The number of anilines is 2. The van der Waals surface area contributed by atoms with Gasteiger partial charge in [-0.2, -0.15) is 0 Å². The van der Waals surface area contributed by atoms with Crippen molar-refractivity contribution in [1.29, 1.82) is 0 Å². The summed E-state index contributed by atoms with van der Waals surface area (Å²) in [5.41, 5.74) is -0.00153. The highest BCUT2D eigenvalue weighted by Gasteiger charge is 2.23. The van der Waals surface area contributed by atoms with E-state index < -0.39 is 11.9 Å². The van der Waals surface area contributed by atoms with E-state index in [0.717, 1.165) is 6.07 Å². The molecule has 0 aliphatic carbocycles. The number of halogens is 2. The van der Waals surface area contributed by atoms with Crippen molar-refractivity contribution in [2.45, 2.75) is 0 Å². The lowest BCUT2D eigenvalue weighted by molar-refractivity contribution is 0.0682. The first kappa shape index (κ1) is 15.2. The Kier molecular flexibility index (Phi) is 4.35. The molecule has 2 aromatic rings. The summed E-state index contributed by atoms with van der Waals surface area (Å²) in [6, 6.07) is 9.71. The van der Waals surface area contributed by atoms with E-state index >= 15 is 0 Å². The molecule has 0 unspecified atom stereocenters.